The third-order valence-corrected chi connectivity index (χ3v) is 2.29. The molecule has 1 unspecified atom stereocenters. The van der Waals surface area contributed by atoms with Crippen LogP contribution in [-0.4, -0.2) is 25.9 Å². The number of benzene rings is 1. The van der Waals surface area contributed by atoms with Crippen LogP contribution in [0.4, 0.5) is 0 Å². The average molecular weight is 208 g/mol. The number of rotatable bonds is 4. The van der Waals surface area contributed by atoms with Crippen molar-refractivity contribution in [2.24, 2.45) is 5.73 Å². The minimum Gasteiger partial charge on any atom is -0.463 e. The molecular weight excluding hydrogens is 192 g/mol. The summed E-state index contributed by atoms with van der Waals surface area (Å²) >= 11 is 0. The first kappa shape index (κ1) is 10.4. The fraction of sp³-hybridized carbons (Fsp3) is 0.455. The second kappa shape index (κ2) is 5.11. The van der Waals surface area contributed by atoms with Crippen molar-refractivity contribution in [2.45, 2.75) is 12.9 Å². The van der Waals surface area contributed by atoms with E-state index >= 15 is 0 Å². The molecule has 82 valence electrons. The molecule has 1 aromatic carbocycles. The summed E-state index contributed by atoms with van der Waals surface area (Å²) in [5.41, 5.74) is 6.48. The molecule has 0 saturated carbocycles. The van der Waals surface area contributed by atoms with E-state index in [0.29, 0.717) is 19.7 Å². The quantitative estimate of drug-likeness (QED) is 0.706. The Hall–Kier alpha value is -1.10. The van der Waals surface area contributed by atoms with Crippen LogP contribution in [0.15, 0.2) is 24.3 Å². The van der Waals surface area contributed by atoms with Gasteiger partial charge in [-0.2, -0.15) is 0 Å². The molecule has 15 heavy (non-hydrogen) atoms. The van der Waals surface area contributed by atoms with Crippen LogP contribution in [-0.2, 0) is 11.3 Å². The van der Waals surface area contributed by atoms with Gasteiger partial charge in [-0.05, 0) is 6.07 Å². The van der Waals surface area contributed by atoms with Crippen LogP contribution in [0.1, 0.15) is 5.56 Å². The summed E-state index contributed by atoms with van der Waals surface area (Å²) in [6.07, 6.45) is -0.202. The lowest BCUT2D eigenvalue weighted by atomic mass is 10.2. The Labute approximate surface area is 89.4 Å². The summed E-state index contributed by atoms with van der Waals surface area (Å²) in [4.78, 5) is 0. The van der Waals surface area contributed by atoms with Crippen LogP contribution >= 0.6 is 0 Å². The van der Waals surface area contributed by atoms with Crippen LogP contribution in [0, 0.1) is 0 Å². The first-order valence-corrected chi connectivity index (χ1v) is 5.17. The van der Waals surface area contributed by atoms with Crippen molar-refractivity contribution >= 4 is 0 Å². The predicted molar refractivity (Wildman–Crippen MR) is 57.6 cm³/mol. The first-order valence-electron chi connectivity index (χ1n) is 5.17. The van der Waals surface area contributed by atoms with Crippen LogP contribution in [0.25, 0.3) is 0 Å². The lowest BCUT2D eigenvalue weighted by Crippen LogP contribution is -2.37. The van der Waals surface area contributed by atoms with Gasteiger partial charge in [-0.1, -0.05) is 18.2 Å². The van der Waals surface area contributed by atoms with Crippen LogP contribution in [0.2, 0.25) is 0 Å². The predicted octanol–water partition coefficient (Wildman–Crippen LogP) is 0.470. The largest absolute Gasteiger partial charge is 0.463 e. The highest BCUT2D eigenvalue weighted by Gasteiger charge is 2.18. The highest BCUT2D eigenvalue weighted by molar-refractivity contribution is 5.33. The first-order chi connectivity index (χ1) is 7.40. The molecule has 0 aromatic heterocycles. The molecule has 2 rings (SSSR count). The molecule has 1 aromatic rings. The average Bonchev–Trinajstić information content (AvgIpc) is 2.29. The number of hydrogen-bond acceptors (Lipinski definition) is 4. The molecule has 0 aliphatic carbocycles. The van der Waals surface area contributed by atoms with E-state index in [1.165, 1.54) is 0 Å². The summed E-state index contributed by atoms with van der Waals surface area (Å²) in [6.45, 7) is 2.70. The van der Waals surface area contributed by atoms with E-state index in [-0.39, 0.29) is 6.29 Å². The smallest absolute Gasteiger partial charge is 0.212 e. The number of nitrogens with two attached hydrogens (primary N) is 1. The normalized spacial score (nSPS) is 19.4. The van der Waals surface area contributed by atoms with E-state index in [1.807, 2.05) is 24.3 Å². The van der Waals surface area contributed by atoms with Gasteiger partial charge in [0.1, 0.15) is 5.75 Å². The molecule has 4 heteroatoms. The summed E-state index contributed by atoms with van der Waals surface area (Å²) < 4.78 is 11.2. The van der Waals surface area contributed by atoms with E-state index in [1.54, 1.807) is 0 Å². The Bertz CT molecular complexity index is 317. The van der Waals surface area contributed by atoms with E-state index in [2.05, 4.69) is 5.32 Å². The summed E-state index contributed by atoms with van der Waals surface area (Å²) in [5.74, 6) is 0.920. The number of ether oxygens (including phenoxy) is 2. The monoisotopic (exact) mass is 208 g/mol. The van der Waals surface area contributed by atoms with Crippen molar-refractivity contribution in [3.63, 3.8) is 0 Å². The highest BCUT2D eigenvalue weighted by atomic mass is 16.7. The van der Waals surface area contributed by atoms with Gasteiger partial charge < -0.3 is 20.5 Å². The van der Waals surface area contributed by atoms with Crippen molar-refractivity contribution in [3.8, 4) is 5.75 Å². The lowest BCUT2D eigenvalue weighted by molar-refractivity contribution is -0.104. The maximum absolute atomic E-state index is 5.65. The van der Waals surface area contributed by atoms with Crippen LogP contribution < -0.4 is 15.8 Å². The minimum absolute atomic E-state index is 0.202. The number of para-hydroxylation sites is 1. The van der Waals surface area contributed by atoms with Crippen molar-refractivity contribution in [2.75, 3.05) is 19.6 Å². The van der Waals surface area contributed by atoms with Crippen LogP contribution in [0.5, 0.6) is 5.75 Å². The third kappa shape index (κ3) is 2.68. The van der Waals surface area contributed by atoms with Gasteiger partial charge in [0.25, 0.3) is 0 Å². The molecule has 1 heterocycles. The number of nitrogens with one attached hydrogen (secondary N) is 1. The second-order valence-electron chi connectivity index (χ2n) is 3.46. The molecule has 0 bridgehead atoms. The van der Waals surface area contributed by atoms with Crippen molar-refractivity contribution in [1.82, 2.24) is 5.32 Å². The Kier molecular flexibility index (Phi) is 3.55. The fourth-order valence-electron chi connectivity index (χ4n) is 1.52. The molecular formula is C11H16N2O2. The summed E-state index contributed by atoms with van der Waals surface area (Å²) in [7, 11) is 0. The SMILES string of the molecule is NCCNCC1OCc2ccccc2O1. The zero-order chi connectivity index (χ0) is 10.5. The standard InChI is InChI=1S/C11H16N2O2/c12-5-6-13-7-11-14-8-9-3-1-2-4-10(9)15-11/h1-4,11,13H,5-8,12H2. The van der Waals surface area contributed by atoms with Crippen molar-refractivity contribution in [1.29, 1.82) is 0 Å². The van der Waals surface area contributed by atoms with Gasteiger partial charge in [-0.15, -0.1) is 0 Å². The highest BCUT2D eigenvalue weighted by Crippen LogP contribution is 2.24. The fourth-order valence-corrected chi connectivity index (χ4v) is 1.52. The molecule has 1 aliphatic heterocycles. The maximum atomic E-state index is 5.65. The van der Waals surface area contributed by atoms with E-state index in [0.717, 1.165) is 17.9 Å². The Morgan fingerprint density at radius 2 is 2.27 bits per heavy atom. The zero-order valence-corrected chi connectivity index (χ0v) is 8.61. The molecule has 0 fully saturated rings. The molecule has 0 radical (unpaired) electrons. The maximum Gasteiger partial charge on any atom is 0.212 e. The van der Waals surface area contributed by atoms with E-state index in [9.17, 15) is 0 Å². The van der Waals surface area contributed by atoms with Gasteiger partial charge in [0, 0.05) is 18.7 Å². The topological polar surface area (TPSA) is 56.5 Å². The molecule has 3 N–H and O–H groups in total. The van der Waals surface area contributed by atoms with Gasteiger partial charge in [0.05, 0.1) is 13.2 Å². The zero-order valence-electron chi connectivity index (χ0n) is 8.61. The molecule has 4 nitrogen and oxygen atoms in total. The molecule has 0 saturated heterocycles. The minimum atomic E-state index is -0.202. The van der Waals surface area contributed by atoms with Crippen molar-refractivity contribution in [3.05, 3.63) is 29.8 Å². The van der Waals surface area contributed by atoms with Gasteiger partial charge in [-0.25, -0.2) is 0 Å². The molecule has 1 atom stereocenters. The Morgan fingerprint density at radius 3 is 3.13 bits per heavy atom. The van der Waals surface area contributed by atoms with Gasteiger partial charge in [-0.3, -0.25) is 0 Å². The number of hydrogen-bond donors (Lipinski definition) is 2. The Balaban J connectivity index is 1.88. The van der Waals surface area contributed by atoms with Gasteiger partial charge >= 0.3 is 0 Å². The molecule has 0 amide bonds. The summed E-state index contributed by atoms with van der Waals surface area (Å²) in [6, 6.07) is 7.93. The third-order valence-electron chi connectivity index (χ3n) is 2.29. The van der Waals surface area contributed by atoms with Gasteiger partial charge in [0.15, 0.2) is 0 Å². The van der Waals surface area contributed by atoms with Gasteiger partial charge in [0.2, 0.25) is 6.29 Å². The van der Waals surface area contributed by atoms with Crippen LogP contribution in [0.3, 0.4) is 0 Å². The summed E-state index contributed by atoms with van der Waals surface area (Å²) in [5, 5.41) is 3.16. The molecule has 0 spiro atoms. The lowest BCUT2D eigenvalue weighted by Gasteiger charge is -2.26. The molecule has 1 aliphatic rings. The second-order valence-corrected chi connectivity index (χ2v) is 3.46. The van der Waals surface area contributed by atoms with E-state index < -0.39 is 0 Å². The van der Waals surface area contributed by atoms with Crippen molar-refractivity contribution < 1.29 is 9.47 Å². The number of fused-ring (bicyclic) bond motifs is 1. The Morgan fingerprint density at radius 1 is 1.40 bits per heavy atom. The van der Waals surface area contributed by atoms with E-state index in [4.69, 9.17) is 15.2 Å².